The number of nitrogens with one attached hydrogen (secondary N) is 1. The van der Waals surface area contributed by atoms with Crippen LogP contribution in [0.1, 0.15) is 32.0 Å². The van der Waals surface area contributed by atoms with Gasteiger partial charge >= 0.3 is 0 Å². The molecule has 0 spiro atoms. The lowest BCUT2D eigenvalue weighted by Crippen LogP contribution is -2.44. The topological polar surface area (TPSA) is 57.7 Å². The summed E-state index contributed by atoms with van der Waals surface area (Å²) < 4.78 is 19.1. The molecule has 1 fully saturated rings. The Balaban J connectivity index is 0.00000176. The Morgan fingerprint density at radius 1 is 1.06 bits per heavy atom. The highest BCUT2D eigenvalue weighted by Gasteiger charge is 2.19. The van der Waals surface area contributed by atoms with Gasteiger partial charge in [0.2, 0.25) is 5.91 Å². The van der Waals surface area contributed by atoms with E-state index in [1.165, 1.54) is 12.1 Å². The minimum Gasteiger partial charge on any atom is -0.494 e. The van der Waals surface area contributed by atoms with Crippen LogP contribution in [0, 0.1) is 5.82 Å². The van der Waals surface area contributed by atoms with Crippen LogP contribution >= 0.6 is 0 Å². The third kappa shape index (κ3) is 7.52. The van der Waals surface area contributed by atoms with Crippen LogP contribution in [-0.4, -0.2) is 55.6 Å². The second-order valence-corrected chi connectivity index (χ2v) is 8.52. The maximum Gasteiger partial charge on any atom is 0.226 e. The zero-order valence-corrected chi connectivity index (χ0v) is 21.8. The van der Waals surface area contributed by atoms with Crippen molar-refractivity contribution in [2.24, 2.45) is 0 Å². The van der Waals surface area contributed by atoms with Gasteiger partial charge in [0.25, 0.3) is 0 Å². The first-order chi connectivity index (χ1) is 17.5. The van der Waals surface area contributed by atoms with Gasteiger partial charge < -0.3 is 19.9 Å². The molecular formula is C29H37FN4O2. The van der Waals surface area contributed by atoms with E-state index in [1.54, 1.807) is 12.1 Å². The van der Waals surface area contributed by atoms with Gasteiger partial charge in [-0.3, -0.25) is 9.78 Å². The summed E-state index contributed by atoms with van der Waals surface area (Å²) in [5.41, 5.74) is 4.65. The highest BCUT2D eigenvalue weighted by Crippen LogP contribution is 2.34. The summed E-state index contributed by atoms with van der Waals surface area (Å²) in [6, 6.07) is 16.3. The van der Waals surface area contributed by atoms with Crippen LogP contribution in [0.5, 0.6) is 5.75 Å². The second-order valence-electron chi connectivity index (χ2n) is 8.52. The molecule has 3 aromatic rings. The quantitative estimate of drug-likeness (QED) is 0.484. The molecule has 7 heteroatoms. The maximum atomic E-state index is 13.3. The van der Waals surface area contributed by atoms with Gasteiger partial charge in [0, 0.05) is 67.5 Å². The number of rotatable bonds is 8. The van der Waals surface area contributed by atoms with E-state index in [1.807, 2.05) is 45.2 Å². The van der Waals surface area contributed by atoms with Crippen molar-refractivity contribution in [3.8, 4) is 16.9 Å². The van der Waals surface area contributed by atoms with Gasteiger partial charge in [-0.1, -0.05) is 32.0 Å². The number of likely N-dealkylation sites (N-methyl/N-ethyl adjacent to an activating group) is 1. The van der Waals surface area contributed by atoms with E-state index < -0.39 is 0 Å². The molecule has 1 aliphatic rings. The van der Waals surface area contributed by atoms with Crippen LogP contribution in [0.15, 0.2) is 60.8 Å². The molecular weight excluding hydrogens is 455 g/mol. The van der Waals surface area contributed by atoms with Crippen LogP contribution in [0.2, 0.25) is 0 Å². The lowest BCUT2D eigenvalue weighted by Gasteiger charge is -2.35. The maximum absolute atomic E-state index is 13.3. The first-order valence-electron chi connectivity index (χ1n) is 12.7. The van der Waals surface area contributed by atoms with Crippen LogP contribution in [-0.2, 0) is 17.8 Å². The van der Waals surface area contributed by atoms with Gasteiger partial charge in [0.05, 0.1) is 13.0 Å². The number of ether oxygens (including phenoxy) is 1. The van der Waals surface area contributed by atoms with Gasteiger partial charge in [-0.15, -0.1) is 0 Å². The molecule has 2 aromatic carbocycles. The molecule has 4 rings (SSSR count). The molecule has 36 heavy (non-hydrogen) atoms. The van der Waals surface area contributed by atoms with Crippen molar-refractivity contribution < 1.29 is 13.9 Å². The summed E-state index contributed by atoms with van der Waals surface area (Å²) in [7, 11) is 2.14. The van der Waals surface area contributed by atoms with E-state index in [9.17, 15) is 9.18 Å². The van der Waals surface area contributed by atoms with Gasteiger partial charge in [-0.2, -0.15) is 0 Å². The van der Waals surface area contributed by atoms with Crippen LogP contribution in [0.25, 0.3) is 11.1 Å². The number of hydrogen-bond acceptors (Lipinski definition) is 5. The first kappa shape index (κ1) is 27.1. The summed E-state index contributed by atoms with van der Waals surface area (Å²) in [5, 5.41) is 2.82. The van der Waals surface area contributed by atoms with Crippen LogP contribution < -0.4 is 15.0 Å². The number of hydrogen-bond donors (Lipinski definition) is 1. The Kier molecular flexibility index (Phi) is 10.2. The standard InChI is InChI=1S/C27H31FN4O2.C2H6/c1-3-34-24-9-10-25(26(17-24)32-13-11-31(2)12-14-32)21-7-8-23(29-19-21)16-27(33)30-18-20-5-4-6-22(28)15-20;1-2/h4-10,15,17,19H,3,11-14,16,18H2,1-2H3,(H,30,33);1-2H3. The molecule has 0 atom stereocenters. The van der Waals surface area contributed by atoms with Gasteiger partial charge in [-0.05, 0) is 49.9 Å². The van der Waals surface area contributed by atoms with Crippen molar-refractivity contribution in [1.82, 2.24) is 15.2 Å². The molecule has 1 aliphatic heterocycles. The van der Waals surface area contributed by atoms with Crippen LogP contribution in [0.3, 0.4) is 0 Å². The van der Waals surface area contributed by atoms with Crippen molar-refractivity contribution in [3.63, 3.8) is 0 Å². The molecule has 2 heterocycles. The molecule has 0 radical (unpaired) electrons. The molecule has 1 aromatic heterocycles. The minimum absolute atomic E-state index is 0.149. The number of halogens is 1. The molecule has 6 nitrogen and oxygen atoms in total. The number of benzene rings is 2. The van der Waals surface area contributed by atoms with Crippen molar-refractivity contribution >= 4 is 11.6 Å². The Hall–Kier alpha value is -3.45. The third-order valence-corrected chi connectivity index (χ3v) is 5.98. The van der Waals surface area contributed by atoms with E-state index >= 15 is 0 Å². The molecule has 1 N–H and O–H groups in total. The molecule has 192 valence electrons. The minimum atomic E-state index is -0.311. The third-order valence-electron chi connectivity index (χ3n) is 5.98. The number of aromatic nitrogens is 1. The highest BCUT2D eigenvalue weighted by atomic mass is 19.1. The Morgan fingerprint density at radius 3 is 2.50 bits per heavy atom. The van der Waals surface area contributed by atoms with E-state index in [0.717, 1.165) is 54.3 Å². The Labute approximate surface area is 214 Å². The zero-order valence-electron chi connectivity index (χ0n) is 21.8. The summed E-state index contributed by atoms with van der Waals surface area (Å²) in [5.74, 6) is 0.401. The number of pyridine rings is 1. The van der Waals surface area contributed by atoms with Crippen molar-refractivity contribution in [2.75, 3.05) is 44.7 Å². The first-order valence-corrected chi connectivity index (χ1v) is 12.7. The smallest absolute Gasteiger partial charge is 0.226 e. The fraction of sp³-hybridized carbons (Fsp3) is 0.379. The molecule has 1 amide bonds. The Bertz CT molecular complexity index is 1110. The lowest BCUT2D eigenvalue weighted by molar-refractivity contribution is -0.120. The number of piperazine rings is 1. The molecule has 0 unspecified atom stereocenters. The summed E-state index contributed by atoms with van der Waals surface area (Å²) in [4.78, 5) is 21.6. The number of anilines is 1. The number of carbonyl (C=O) groups is 1. The predicted molar refractivity (Wildman–Crippen MR) is 144 cm³/mol. The summed E-state index contributed by atoms with van der Waals surface area (Å²) in [6.45, 7) is 10.8. The number of nitrogens with zero attached hydrogens (tertiary/aromatic N) is 3. The fourth-order valence-electron chi connectivity index (χ4n) is 4.08. The molecule has 0 saturated carbocycles. The molecule has 1 saturated heterocycles. The van der Waals surface area contributed by atoms with Gasteiger partial charge in [0.1, 0.15) is 11.6 Å². The summed E-state index contributed by atoms with van der Waals surface area (Å²) >= 11 is 0. The normalized spacial score (nSPS) is 13.5. The zero-order chi connectivity index (χ0) is 25.9. The van der Waals surface area contributed by atoms with E-state index in [2.05, 4.69) is 39.3 Å². The predicted octanol–water partition coefficient (Wildman–Crippen LogP) is 4.92. The van der Waals surface area contributed by atoms with Crippen molar-refractivity contribution in [2.45, 2.75) is 33.7 Å². The average Bonchev–Trinajstić information content (AvgIpc) is 2.90. The van der Waals surface area contributed by atoms with E-state index in [4.69, 9.17) is 4.74 Å². The van der Waals surface area contributed by atoms with Crippen molar-refractivity contribution in [3.05, 3.63) is 77.9 Å². The molecule has 0 bridgehead atoms. The Morgan fingerprint density at radius 2 is 1.83 bits per heavy atom. The number of amides is 1. The fourth-order valence-corrected chi connectivity index (χ4v) is 4.08. The lowest BCUT2D eigenvalue weighted by atomic mass is 10.0. The monoisotopic (exact) mass is 492 g/mol. The van der Waals surface area contributed by atoms with E-state index in [-0.39, 0.29) is 24.7 Å². The van der Waals surface area contributed by atoms with Gasteiger partial charge in [0.15, 0.2) is 0 Å². The van der Waals surface area contributed by atoms with Gasteiger partial charge in [-0.25, -0.2) is 4.39 Å². The average molecular weight is 493 g/mol. The largest absolute Gasteiger partial charge is 0.494 e. The van der Waals surface area contributed by atoms with Crippen molar-refractivity contribution in [1.29, 1.82) is 0 Å². The second kappa shape index (κ2) is 13.6. The van der Waals surface area contributed by atoms with Crippen LogP contribution in [0.4, 0.5) is 10.1 Å². The SMILES string of the molecule is CC.CCOc1ccc(-c2ccc(CC(=O)NCc3cccc(F)c3)nc2)c(N2CCN(C)CC2)c1. The summed E-state index contributed by atoms with van der Waals surface area (Å²) in [6.07, 6.45) is 1.99. The number of carbonyl (C=O) groups excluding carboxylic acids is 1. The highest BCUT2D eigenvalue weighted by molar-refractivity contribution is 5.81. The van der Waals surface area contributed by atoms with E-state index in [0.29, 0.717) is 12.3 Å². The molecule has 0 aliphatic carbocycles.